The van der Waals surface area contributed by atoms with Crippen LogP contribution in [0.1, 0.15) is 13.8 Å². The summed E-state index contributed by atoms with van der Waals surface area (Å²) in [6.45, 7) is 7.24. The first-order chi connectivity index (χ1) is 8.63. The summed E-state index contributed by atoms with van der Waals surface area (Å²) in [4.78, 5) is 2.32. The lowest BCUT2D eigenvalue weighted by Crippen LogP contribution is -2.53. The van der Waals surface area contributed by atoms with Crippen molar-refractivity contribution in [2.24, 2.45) is 5.92 Å². The smallest absolute Gasteiger partial charge is 0.145 e. The van der Waals surface area contributed by atoms with Gasteiger partial charge in [-0.15, -0.1) is 0 Å². The van der Waals surface area contributed by atoms with Crippen LogP contribution in [0.25, 0.3) is 0 Å². The number of anilines is 1. The van der Waals surface area contributed by atoms with Crippen LogP contribution in [0.3, 0.4) is 0 Å². The molecule has 1 aromatic rings. The maximum absolute atomic E-state index is 13.2. The fourth-order valence-corrected chi connectivity index (χ4v) is 2.51. The SMILES string of the molecule is COc1cc(F)ccc1N1CCNCC1C(C)C. The van der Waals surface area contributed by atoms with Crippen molar-refractivity contribution >= 4 is 5.69 Å². The number of halogens is 1. The van der Waals surface area contributed by atoms with Crippen molar-refractivity contribution in [3.05, 3.63) is 24.0 Å². The van der Waals surface area contributed by atoms with E-state index in [1.54, 1.807) is 7.11 Å². The summed E-state index contributed by atoms with van der Waals surface area (Å²) in [7, 11) is 1.59. The normalized spacial score (nSPS) is 20.3. The molecule has 4 heteroatoms. The molecule has 0 saturated carbocycles. The molecule has 100 valence electrons. The molecule has 1 aromatic carbocycles. The second-order valence-corrected chi connectivity index (χ2v) is 5.03. The van der Waals surface area contributed by atoms with Crippen LogP contribution in [0.2, 0.25) is 0 Å². The molecule has 1 aliphatic heterocycles. The summed E-state index contributed by atoms with van der Waals surface area (Å²) in [6, 6.07) is 5.18. The minimum Gasteiger partial charge on any atom is -0.494 e. The molecule has 0 amide bonds. The lowest BCUT2D eigenvalue weighted by Gasteiger charge is -2.40. The second kappa shape index (κ2) is 5.57. The molecule has 2 rings (SSSR count). The Balaban J connectivity index is 2.33. The van der Waals surface area contributed by atoms with E-state index in [2.05, 4.69) is 24.1 Å². The maximum Gasteiger partial charge on any atom is 0.145 e. The summed E-state index contributed by atoms with van der Waals surface area (Å²) in [5, 5.41) is 3.41. The molecule has 18 heavy (non-hydrogen) atoms. The number of nitrogens with zero attached hydrogens (tertiary/aromatic N) is 1. The number of ether oxygens (including phenoxy) is 1. The van der Waals surface area contributed by atoms with Crippen molar-refractivity contribution in [3.8, 4) is 5.75 Å². The van der Waals surface area contributed by atoms with Crippen molar-refractivity contribution in [2.75, 3.05) is 31.6 Å². The lowest BCUT2D eigenvalue weighted by atomic mass is 9.99. The fourth-order valence-electron chi connectivity index (χ4n) is 2.51. The van der Waals surface area contributed by atoms with Gasteiger partial charge in [-0.25, -0.2) is 4.39 Å². The minimum atomic E-state index is -0.258. The summed E-state index contributed by atoms with van der Waals surface area (Å²) >= 11 is 0. The van der Waals surface area contributed by atoms with E-state index in [4.69, 9.17) is 4.74 Å². The molecule has 1 fully saturated rings. The third-order valence-corrected chi connectivity index (χ3v) is 3.50. The van der Waals surface area contributed by atoms with E-state index in [0.29, 0.717) is 17.7 Å². The van der Waals surface area contributed by atoms with E-state index in [9.17, 15) is 4.39 Å². The summed E-state index contributed by atoms with van der Waals surface area (Å²) in [6.07, 6.45) is 0. The Kier molecular flexibility index (Phi) is 4.07. The number of hydrogen-bond donors (Lipinski definition) is 1. The molecule has 1 aliphatic rings. The Labute approximate surface area is 108 Å². The van der Waals surface area contributed by atoms with Gasteiger partial charge in [0.15, 0.2) is 0 Å². The average Bonchev–Trinajstić information content (AvgIpc) is 2.38. The van der Waals surface area contributed by atoms with Gasteiger partial charge in [-0.1, -0.05) is 13.8 Å². The van der Waals surface area contributed by atoms with Gasteiger partial charge in [0.05, 0.1) is 12.8 Å². The summed E-state index contributed by atoms with van der Waals surface area (Å²) in [5.41, 5.74) is 0.985. The van der Waals surface area contributed by atoms with Crippen molar-refractivity contribution in [1.82, 2.24) is 5.32 Å². The van der Waals surface area contributed by atoms with Gasteiger partial charge in [0.25, 0.3) is 0 Å². The van der Waals surface area contributed by atoms with E-state index in [1.165, 1.54) is 12.1 Å². The summed E-state index contributed by atoms with van der Waals surface area (Å²) < 4.78 is 18.6. The van der Waals surface area contributed by atoms with E-state index >= 15 is 0 Å². The van der Waals surface area contributed by atoms with Crippen LogP contribution in [-0.4, -0.2) is 32.8 Å². The van der Waals surface area contributed by atoms with Crippen LogP contribution in [0.4, 0.5) is 10.1 Å². The van der Waals surface area contributed by atoms with Crippen LogP contribution < -0.4 is 15.0 Å². The van der Waals surface area contributed by atoms with Crippen molar-refractivity contribution < 1.29 is 9.13 Å². The molecular weight excluding hydrogens is 231 g/mol. The Hall–Kier alpha value is -1.29. The van der Waals surface area contributed by atoms with Gasteiger partial charge in [0.1, 0.15) is 11.6 Å². The molecular formula is C14H21FN2O. The number of nitrogens with one attached hydrogen (secondary N) is 1. The first-order valence-electron chi connectivity index (χ1n) is 6.44. The van der Waals surface area contributed by atoms with Crippen LogP contribution in [0.15, 0.2) is 18.2 Å². The zero-order valence-corrected chi connectivity index (χ0v) is 11.2. The first kappa shape index (κ1) is 13.1. The standard InChI is InChI=1S/C14H21FN2O/c1-10(2)13-9-16-6-7-17(13)12-5-4-11(15)8-14(12)18-3/h4-5,8,10,13,16H,6-7,9H2,1-3H3. The molecule has 0 aromatic heterocycles. The number of benzene rings is 1. The van der Waals surface area contributed by atoms with Gasteiger partial charge in [0, 0.05) is 31.7 Å². The van der Waals surface area contributed by atoms with Gasteiger partial charge in [0.2, 0.25) is 0 Å². The summed E-state index contributed by atoms with van der Waals surface area (Å²) in [5.74, 6) is 0.891. The monoisotopic (exact) mass is 252 g/mol. The zero-order chi connectivity index (χ0) is 13.1. The van der Waals surface area contributed by atoms with E-state index in [-0.39, 0.29) is 5.82 Å². The minimum absolute atomic E-state index is 0.258. The molecule has 0 radical (unpaired) electrons. The number of hydrogen-bond acceptors (Lipinski definition) is 3. The molecule has 1 N–H and O–H groups in total. The van der Waals surface area contributed by atoms with Gasteiger partial charge in [-0.05, 0) is 18.1 Å². The molecule has 1 heterocycles. The maximum atomic E-state index is 13.2. The van der Waals surface area contributed by atoms with Crippen LogP contribution in [0, 0.1) is 11.7 Å². The third kappa shape index (κ3) is 2.58. The molecule has 0 aliphatic carbocycles. The first-order valence-corrected chi connectivity index (χ1v) is 6.44. The van der Waals surface area contributed by atoms with Crippen molar-refractivity contribution in [3.63, 3.8) is 0 Å². The highest BCUT2D eigenvalue weighted by Gasteiger charge is 2.27. The fraction of sp³-hybridized carbons (Fsp3) is 0.571. The van der Waals surface area contributed by atoms with Gasteiger partial charge in [-0.2, -0.15) is 0 Å². The number of piperazine rings is 1. The number of rotatable bonds is 3. The lowest BCUT2D eigenvalue weighted by molar-refractivity contribution is 0.376. The van der Waals surface area contributed by atoms with Crippen LogP contribution >= 0.6 is 0 Å². The Morgan fingerprint density at radius 3 is 2.89 bits per heavy atom. The van der Waals surface area contributed by atoms with Crippen LogP contribution in [-0.2, 0) is 0 Å². The van der Waals surface area contributed by atoms with E-state index in [1.807, 2.05) is 6.07 Å². The Bertz CT molecular complexity index is 409. The van der Waals surface area contributed by atoms with Gasteiger partial charge < -0.3 is 15.0 Å². The topological polar surface area (TPSA) is 24.5 Å². The number of methoxy groups -OCH3 is 1. The highest BCUT2D eigenvalue weighted by molar-refractivity contribution is 5.59. The second-order valence-electron chi connectivity index (χ2n) is 5.03. The highest BCUT2D eigenvalue weighted by Crippen LogP contribution is 2.32. The quantitative estimate of drug-likeness (QED) is 0.893. The van der Waals surface area contributed by atoms with Gasteiger partial charge >= 0.3 is 0 Å². The third-order valence-electron chi connectivity index (χ3n) is 3.50. The Morgan fingerprint density at radius 1 is 1.44 bits per heavy atom. The van der Waals surface area contributed by atoms with Gasteiger partial charge in [-0.3, -0.25) is 0 Å². The predicted molar refractivity (Wildman–Crippen MR) is 71.8 cm³/mol. The van der Waals surface area contributed by atoms with Crippen molar-refractivity contribution in [1.29, 1.82) is 0 Å². The van der Waals surface area contributed by atoms with E-state index < -0.39 is 0 Å². The van der Waals surface area contributed by atoms with E-state index in [0.717, 1.165) is 25.3 Å². The highest BCUT2D eigenvalue weighted by atomic mass is 19.1. The molecule has 0 bridgehead atoms. The molecule has 3 nitrogen and oxygen atoms in total. The zero-order valence-electron chi connectivity index (χ0n) is 11.2. The van der Waals surface area contributed by atoms with Crippen LogP contribution in [0.5, 0.6) is 5.75 Å². The average molecular weight is 252 g/mol. The molecule has 1 atom stereocenters. The molecule has 1 unspecified atom stereocenters. The Morgan fingerprint density at radius 2 is 2.22 bits per heavy atom. The van der Waals surface area contributed by atoms with Crippen molar-refractivity contribution in [2.45, 2.75) is 19.9 Å². The molecule has 1 saturated heterocycles. The largest absolute Gasteiger partial charge is 0.494 e. The molecule has 0 spiro atoms. The predicted octanol–water partition coefficient (Wildman–Crippen LogP) is 2.27.